The minimum Gasteiger partial charge on any atom is -0.462 e. The Morgan fingerprint density at radius 1 is 1.24 bits per heavy atom. The molecular formula is C20H22ClN3O3S2. The van der Waals surface area contributed by atoms with E-state index in [0.717, 1.165) is 46.7 Å². The average molecular weight is 452 g/mol. The summed E-state index contributed by atoms with van der Waals surface area (Å²) in [5, 5.41) is 3.87. The first-order valence-electron chi connectivity index (χ1n) is 9.31. The molecule has 9 heteroatoms. The number of aromatic nitrogens is 1. The molecule has 1 aliphatic rings. The van der Waals surface area contributed by atoms with Crippen molar-refractivity contribution in [1.82, 2.24) is 9.88 Å². The van der Waals surface area contributed by atoms with Gasteiger partial charge in [0.25, 0.3) is 5.91 Å². The van der Waals surface area contributed by atoms with Crippen LogP contribution in [-0.2, 0) is 17.7 Å². The lowest BCUT2D eigenvalue weighted by molar-refractivity contribution is 0.0526. The molecular weight excluding hydrogens is 430 g/mol. The molecule has 3 aromatic rings. The normalized spacial score (nSPS) is 13.6. The summed E-state index contributed by atoms with van der Waals surface area (Å²) in [6, 6.07) is 7.65. The highest BCUT2D eigenvalue weighted by molar-refractivity contribution is 7.20. The second kappa shape index (κ2) is 9.21. The zero-order valence-corrected chi connectivity index (χ0v) is 18.6. The van der Waals surface area contributed by atoms with Crippen LogP contribution in [0.2, 0.25) is 0 Å². The van der Waals surface area contributed by atoms with Crippen LogP contribution in [0.5, 0.6) is 0 Å². The van der Waals surface area contributed by atoms with Gasteiger partial charge in [-0.2, -0.15) is 0 Å². The molecule has 29 heavy (non-hydrogen) atoms. The van der Waals surface area contributed by atoms with Crippen molar-refractivity contribution in [3.05, 3.63) is 45.3 Å². The fraction of sp³-hybridized carbons (Fsp3) is 0.350. The molecule has 2 aromatic heterocycles. The molecule has 0 saturated carbocycles. The van der Waals surface area contributed by atoms with Crippen molar-refractivity contribution < 1.29 is 14.3 Å². The van der Waals surface area contributed by atoms with Crippen molar-refractivity contribution >= 4 is 62.2 Å². The number of benzene rings is 1. The third kappa shape index (κ3) is 4.30. The monoisotopic (exact) mass is 451 g/mol. The largest absolute Gasteiger partial charge is 0.462 e. The van der Waals surface area contributed by atoms with E-state index in [1.54, 1.807) is 6.92 Å². The molecule has 0 aliphatic carbocycles. The summed E-state index contributed by atoms with van der Waals surface area (Å²) in [6.45, 7) is 6.86. The summed E-state index contributed by atoms with van der Waals surface area (Å²) < 4.78 is 6.23. The van der Waals surface area contributed by atoms with E-state index >= 15 is 0 Å². The number of thiophene rings is 1. The summed E-state index contributed by atoms with van der Waals surface area (Å²) in [5.41, 5.74) is 2.31. The first-order valence-corrected chi connectivity index (χ1v) is 10.9. The summed E-state index contributed by atoms with van der Waals surface area (Å²) in [4.78, 5) is 33.3. The predicted octanol–water partition coefficient (Wildman–Crippen LogP) is 4.59. The van der Waals surface area contributed by atoms with Crippen LogP contribution in [0.4, 0.5) is 5.00 Å². The molecule has 3 heterocycles. The van der Waals surface area contributed by atoms with Gasteiger partial charge in [0.15, 0.2) is 5.01 Å². The van der Waals surface area contributed by atoms with Crippen LogP contribution in [0.25, 0.3) is 10.2 Å². The lowest BCUT2D eigenvalue weighted by atomic mass is 10.0. The highest BCUT2D eigenvalue weighted by atomic mass is 35.5. The fourth-order valence-corrected chi connectivity index (χ4v) is 5.49. The number of hydrogen-bond acceptors (Lipinski definition) is 7. The molecule has 1 aliphatic heterocycles. The van der Waals surface area contributed by atoms with Crippen molar-refractivity contribution in [3.8, 4) is 0 Å². The maximum Gasteiger partial charge on any atom is 0.341 e. The Hall–Kier alpha value is -2.00. The van der Waals surface area contributed by atoms with Crippen LogP contribution in [0.1, 0.15) is 44.4 Å². The first-order chi connectivity index (χ1) is 13.6. The zero-order chi connectivity index (χ0) is 19.7. The molecule has 0 unspecified atom stereocenters. The Morgan fingerprint density at radius 3 is 2.76 bits per heavy atom. The van der Waals surface area contributed by atoms with E-state index in [1.807, 2.05) is 24.3 Å². The maximum absolute atomic E-state index is 12.8. The van der Waals surface area contributed by atoms with Gasteiger partial charge in [0.2, 0.25) is 0 Å². The van der Waals surface area contributed by atoms with Crippen molar-refractivity contribution in [1.29, 1.82) is 0 Å². The molecule has 4 rings (SSSR count). The zero-order valence-electron chi connectivity index (χ0n) is 16.2. The number of rotatable bonds is 5. The van der Waals surface area contributed by atoms with Gasteiger partial charge in [-0.25, -0.2) is 9.78 Å². The Kier molecular flexibility index (Phi) is 6.89. The van der Waals surface area contributed by atoms with Gasteiger partial charge in [-0.1, -0.05) is 19.1 Å². The van der Waals surface area contributed by atoms with Crippen molar-refractivity contribution in [2.75, 3.05) is 25.0 Å². The molecule has 0 spiro atoms. The van der Waals surface area contributed by atoms with Crippen LogP contribution in [0.15, 0.2) is 24.3 Å². The second-order valence-electron chi connectivity index (χ2n) is 6.49. The van der Waals surface area contributed by atoms with Gasteiger partial charge < -0.3 is 10.1 Å². The lowest BCUT2D eigenvalue weighted by Crippen LogP contribution is -2.30. The van der Waals surface area contributed by atoms with Crippen molar-refractivity contribution in [3.63, 3.8) is 0 Å². The fourth-order valence-electron chi connectivity index (χ4n) is 3.36. The highest BCUT2D eigenvalue weighted by Crippen LogP contribution is 2.38. The van der Waals surface area contributed by atoms with E-state index in [9.17, 15) is 9.59 Å². The van der Waals surface area contributed by atoms with E-state index in [0.29, 0.717) is 22.2 Å². The molecule has 154 valence electrons. The van der Waals surface area contributed by atoms with E-state index in [-0.39, 0.29) is 24.3 Å². The Balaban J connectivity index is 0.00000240. The summed E-state index contributed by atoms with van der Waals surface area (Å²) in [5.74, 6) is -0.665. The van der Waals surface area contributed by atoms with Gasteiger partial charge in [-0.15, -0.1) is 35.1 Å². The number of likely N-dealkylation sites (N-methyl/N-ethyl adjacent to an activating group) is 1. The topological polar surface area (TPSA) is 71.5 Å². The number of carbonyl (C=O) groups excluding carboxylic acids is 2. The predicted molar refractivity (Wildman–Crippen MR) is 120 cm³/mol. The smallest absolute Gasteiger partial charge is 0.341 e. The van der Waals surface area contributed by atoms with Gasteiger partial charge in [0.1, 0.15) is 5.00 Å². The number of fused-ring (bicyclic) bond motifs is 2. The molecule has 1 N–H and O–H groups in total. The number of carbonyl (C=O) groups is 2. The van der Waals surface area contributed by atoms with E-state index < -0.39 is 0 Å². The number of thiazole rings is 1. The molecule has 0 atom stereocenters. The van der Waals surface area contributed by atoms with Gasteiger partial charge in [0, 0.05) is 18.0 Å². The van der Waals surface area contributed by atoms with Crippen LogP contribution in [0.3, 0.4) is 0 Å². The second-order valence-corrected chi connectivity index (χ2v) is 8.62. The van der Waals surface area contributed by atoms with Crippen LogP contribution >= 0.6 is 35.1 Å². The van der Waals surface area contributed by atoms with E-state index in [1.165, 1.54) is 22.7 Å². The lowest BCUT2D eigenvalue weighted by Gasteiger charge is -2.25. The Morgan fingerprint density at radius 2 is 2.03 bits per heavy atom. The third-order valence-corrected chi connectivity index (χ3v) is 6.95. The quantitative estimate of drug-likeness (QED) is 0.574. The minimum absolute atomic E-state index is 0. The number of nitrogens with one attached hydrogen (secondary N) is 1. The maximum atomic E-state index is 12.8. The van der Waals surface area contributed by atoms with Gasteiger partial charge in [0.05, 0.1) is 22.4 Å². The summed E-state index contributed by atoms with van der Waals surface area (Å²) >= 11 is 2.81. The summed E-state index contributed by atoms with van der Waals surface area (Å²) in [6.07, 6.45) is 0.783. The van der Waals surface area contributed by atoms with E-state index in [4.69, 9.17) is 4.74 Å². The molecule has 0 fully saturated rings. The number of nitrogens with zero attached hydrogens (tertiary/aromatic N) is 2. The number of anilines is 1. The number of halogens is 1. The SMILES string of the molecule is CCOC(=O)c1c(NC(=O)c2nc3ccccc3s2)sc2c1CCN(CC)C2.Cl. The average Bonchev–Trinajstić information content (AvgIpc) is 3.28. The van der Waals surface area contributed by atoms with Gasteiger partial charge in [-0.05, 0) is 37.6 Å². The molecule has 1 aromatic carbocycles. The van der Waals surface area contributed by atoms with Gasteiger partial charge >= 0.3 is 5.97 Å². The molecule has 0 bridgehead atoms. The van der Waals surface area contributed by atoms with Crippen LogP contribution < -0.4 is 5.32 Å². The number of esters is 1. The Bertz CT molecular complexity index is 1010. The number of amides is 1. The third-order valence-electron chi connectivity index (χ3n) is 4.78. The van der Waals surface area contributed by atoms with Crippen molar-refractivity contribution in [2.45, 2.75) is 26.8 Å². The van der Waals surface area contributed by atoms with Crippen molar-refractivity contribution in [2.24, 2.45) is 0 Å². The number of para-hydroxylation sites is 1. The first kappa shape index (κ1) is 21.7. The highest BCUT2D eigenvalue weighted by Gasteiger charge is 2.29. The molecule has 6 nitrogen and oxygen atoms in total. The van der Waals surface area contributed by atoms with E-state index in [2.05, 4.69) is 22.1 Å². The Labute approximate surface area is 183 Å². The van der Waals surface area contributed by atoms with Crippen LogP contribution in [-0.4, -0.2) is 41.5 Å². The minimum atomic E-state index is -0.371. The standard InChI is InChI=1S/C20H21N3O3S2.ClH/c1-3-23-10-9-12-15(11-23)28-18(16(12)20(25)26-4-2)22-17(24)19-21-13-7-5-6-8-14(13)27-19;/h5-8H,3-4,9-11H2,1-2H3,(H,22,24);1H. The number of ether oxygens (including phenoxy) is 1. The summed E-state index contributed by atoms with van der Waals surface area (Å²) in [7, 11) is 0. The van der Waals surface area contributed by atoms with Crippen LogP contribution in [0, 0.1) is 0 Å². The molecule has 0 saturated heterocycles. The molecule has 1 amide bonds. The van der Waals surface area contributed by atoms with Gasteiger partial charge in [-0.3, -0.25) is 9.69 Å². The number of hydrogen-bond donors (Lipinski definition) is 1. The molecule has 0 radical (unpaired) electrons.